The molecule has 0 amide bonds. The summed E-state index contributed by atoms with van der Waals surface area (Å²) < 4.78 is 0. The SMILES string of the molecule is O=C1CC([SH]2C=CC=C2)CC(=O)C1=CO.[LiH]. The molecule has 2 rings (SSSR count). The van der Waals surface area contributed by atoms with Gasteiger partial charge in [0.1, 0.15) is 0 Å². The van der Waals surface area contributed by atoms with Crippen LogP contribution in [0.15, 0.2) is 34.8 Å². The number of carbonyl (C=O) groups excluding carboxylic acids is 2. The van der Waals surface area contributed by atoms with Gasteiger partial charge in [0.15, 0.2) is 11.6 Å². The van der Waals surface area contributed by atoms with Crippen LogP contribution < -0.4 is 0 Å². The third kappa shape index (κ3) is 2.52. The van der Waals surface area contributed by atoms with Gasteiger partial charge in [0.2, 0.25) is 0 Å². The van der Waals surface area contributed by atoms with Gasteiger partial charge in [-0.2, -0.15) is 0 Å². The van der Waals surface area contributed by atoms with Crippen LogP contribution in [0.25, 0.3) is 0 Å². The predicted octanol–water partition coefficient (Wildman–Crippen LogP) is 1.12. The van der Waals surface area contributed by atoms with Crippen LogP contribution in [0.3, 0.4) is 0 Å². The molecule has 5 heteroatoms. The third-order valence-corrected chi connectivity index (χ3v) is 4.86. The number of hydrogen-bond donors (Lipinski definition) is 2. The van der Waals surface area contributed by atoms with E-state index in [1.165, 1.54) is 0 Å². The Balaban J connectivity index is 0.00000128. The van der Waals surface area contributed by atoms with Crippen LogP contribution in [0.1, 0.15) is 12.8 Å². The Labute approximate surface area is 109 Å². The van der Waals surface area contributed by atoms with Gasteiger partial charge in [-0.25, -0.2) is 10.9 Å². The molecule has 0 spiro atoms. The molecule has 82 valence electrons. The van der Waals surface area contributed by atoms with Crippen molar-refractivity contribution in [3.05, 3.63) is 34.8 Å². The summed E-state index contributed by atoms with van der Waals surface area (Å²) in [7, 11) is -0.452. The predicted molar refractivity (Wildman–Crippen MR) is 68.2 cm³/mol. The second kappa shape index (κ2) is 5.58. The first kappa shape index (κ1) is 13.4. The molecule has 0 aromatic rings. The minimum absolute atomic E-state index is 0. The molecule has 2 aliphatic rings. The van der Waals surface area contributed by atoms with Gasteiger partial charge in [0.05, 0.1) is 11.8 Å². The average Bonchev–Trinajstić information content (AvgIpc) is 2.69. The Hall–Kier alpha value is -0.693. The van der Waals surface area contributed by atoms with E-state index < -0.39 is 10.9 Å². The Morgan fingerprint density at radius 2 is 1.69 bits per heavy atom. The molecule has 1 saturated carbocycles. The number of thiol groups is 1. The number of aliphatic hydroxyl groups excluding tert-OH is 1. The van der Waals surface area contributed by atoms with Crippen molar-refractivity contribution in [1.29, 1.82) is 0 Å². The molecular formula is C11H13LiO3S. The van der Waals surface area contributed by atoms with E-state index in [9.17, 15) is 9.59 Å². The van der Waals surface area contributed by atoms with Crippen LogP contribution in [-0.2, 0) is 9.59 Å². The van der Waals surface area contributed by atoms with Gasteiger partial charge in [-0.1, -0.05) is 12.2 Å². The molecule has 1 aliphatic heterocycles. The number of carbonyl (C=O) groups is 2. The van der Waals surface area contributed by atoms with Crippen molar-refractivity contribution in [2.75, 3.05) is 0 Å². The van der Waals surface area contributed by atoms with Crippen molar-refractivity contribution in [2.45, 2.75) is 18.1 Å². The molecule has 16 heavy (non-hydrogen) atoms. The number of rotatable bonds is 1. The molecule has 0 aromatic heterocycles. The van der Waals surface area contributed by atoms with E-state index in [-0.39, 0.29) is 41.3 Å². The summed E-state index contributed by atoms with van der Waals surface area (Å²) in [6.07, 6.45) is 5.31. The van der Waals surface area contributed by atoms with Gasteiger partial charge >= 0.3 is 18.9 Å². The van der Waals surface area contributed by atoms with E-state index in [2.05, 4.69) is 10.8 Å². The number of aliphatic hydroxyl groups is 1. The van der Waals surface area contributed by atoms with E-state index in [0.29, 0.717) is 19.1 Å². The fraction of sp³-hybridized carbons (Fsp3) is 0.273. The summed E-state index contributed by atoms with van der Waals surface area (Å²) >= 11 is 0. The number of hydrogen-bond acceptors (Lipinski definition) is 3. The van der Waals surface area contributed by atoms with Crippen molar-refractivity contribution >= 4 is 41.3 Å². The Bertz CT molecular complexity index is 366. The Kier molecular flexibility index (Phi) is 4.66. The van der Waals surface area contributed by atoms with E-state index in [1.54, 1.807) is 0 Å². The van der Waals surface area contributed by atoms with Gasteiger partial charge in [-0.3, -0.25) is 9.59 Å². The molecule has 1 heterocycles. The second-order valence-corrected chi connectivity index (χ2v) is 5.80. The van der Waals surface area contributed by atoms with Crippen molar-refractivity contribution in [3.63, 3.8) is 0 Å². The molecule has 0 radical (unpaired) electrons. The van der Waals surface area contributed by atoms with Gasteiger partial charge in [0.25, 0.3) is 0 Å². The summed E-state index contributed by atoms with van der Waals surface area (Å²) in [5.74, 6) is -0.454. The van der Waals surface area contributed by atoms with Crippen LogP contribution in [0.5, 0.6) is 0 Å². The van der Waals surface area contributed by atoms with Crippen LogP contribution in [0.4, 0.5) is 0 Å². The first-order valence-electron chi connectivity index (χ1n) is 4.75. The first-order valence-corrected chi connectivity index (χ1v) is 6.30. The van der Waals surface area contributed by atoms with Crippen molar-refractivity contribution in [2.24, 2.45) is 0 Å². The molecule has 0 bridgehead atoms. The molecular weight excluding hydrogens is 219 g/mol. The average molecular weight is 232 g/mol. The van der Waals surface area contributed by atoms with E-state index in [0.717, 1.165) is 0 Å². The Morgan fingerprint density at radius 1 is 1.19 bits per heavy atom. The number of ketones is 2. The quantitative estimate of drug-likeness (QED) is 0.234. The summed E-state index contributed by atoms with van der Waals surface area (Å²) in [4.78, 5) is 23.0. The van der Waals surface area contributed by atoms with Crippen molar-refractivity contribution in [3.8, 4) is 0 Å². The zero-order chi connectivity index (χ0) is 10.8. The van der Waals surface area contributed by atoms with Crippen LogP contribution in [0, 0.1) is 0 Å². The van der Waals surface area contributed by atoms with Crippen molar-refractivity contribution < 1.29 is 14.7 Å². The summed E-state index contributed by atoms with van der Waals surface area (Å²) in [6, 6.07) is 0. The second-order valence-electron chi connectivity index (χ2n) is 3.58. The molecule has 0 atom stereocenters. The topological polar surface area (TPSA) is 54.4 Å². The fourth-order valence-electron chi connectivity index (χ4n) is 1.82. The molecule has 1 fully saturated rings. The molecule has 0 aromatic carbocycles. The molecule has 0 unspecified atom stereocenters. The van der Waals surface area contributed by atoms with Gasteiger partial charge in [-0.15, -0.1) is 0 Å². The fourth-order valence-corrected chi connectivity index (χ4v) is 3.76. The summed E-state index contributed by atoms with van der Waals surface area (Å²) in [6.45, 7) is 0. The van der Waals surface area contributed by atoms with Crippen LogP contribution in [-0.4, -0.2) is 40.8 Å². The molecule has 0 saturated heterocycles. The van der Waals surface area contributed by atoms with E-state index in [1.807, 2.05) is 12.2 Å². The zero-order valence-corrected chi connectivity index (χ0v) is 8.98. The third-order valence-electron chi connectivity index (χ3n) is 2.62. The summed E-state index contributed by atoms with van der Waals surface area (Å²) in [5.41, 5.74) is -0.0339. The minimum atomic E-state index is -0.452. The standard InChI is InChI=1S/C11H12O3S.Li.H/c12-7-9-10(13)5-8(6-11(9)14)15-3-1-2-4-15;;/h1-4,7-8,12,15H,5-6H2;;. The van der Waals surface area contributed by atoms with Crippen molar-refractivity contribution in [1.82, 2.24) is 0 Å². The molecule has 1 N–H and O–H groups in total. The maximum absolute atomic E-state index is 11.5. The molecule has 1 aliphatic carbocycles. The normalized spacial score (nSPS) is 25.9. The molecule has 3 nitrogen and oxygen atoms in total. The monoisotopic (exact) mass is 232 g/mol. The Morgan fingerprint density at radius 3 is 2.12 bits per heavy atom. The zero-order valence-electron chi connectivity index (χ0n) is 8.09. The maximum atomic E-state index is 11.5. The van der Waals surface area contributed by atoms with Gasteiger partial charge < -0.3 is 5.11 Å². The van der Waals surface area contributed by atoms with Gasteiger partial charge in [-0.05, 0) is 10.8 Å². The van der Waals surface area contributed by atoms with E-state index >= 15 is 0 Å². The summed E-state index contributed by atoms with van der Waals surface area (Å²) in [5, 5.41) is 13.0. The van der Waals surface area contributed by atoms with E-state index in [4.69, 9.17) is 5.11 Å². The van der Waals surface area contributed by atoms with Crippen LogP contribution in [0.2, 0.25) is 0 Å². The number of allylic oxidation sites excluding steroid dienone is 3. The first-order chi connectivity index (χ1) is 7.22. The van der Waals surface area contributed by atoms with Gasteiger partial charge in [0, 0.05) is 18.1 Å². The number of Topliss-reactive ketones (excluding diaryl/α,β-unsaturated/α-hetero) is 2. The van der Waals surface area contributed by atoms with Crippen LogP contribution >= 0.6 is 10.9 Å².